The molecule has 0 atom stereocenters. The average molecular weight is 315 g/mol. The zero-order valence-corrected chi connectivity index (χ0v) is 13.2. The minimum Gasteiger partial charge on any atom is -0.497 e. The molecule has 0 saturated heterocycles. The molecule has 1 aromatic carbocycles. The van der Waals surface area contributed by atoms with Crippen LogP contribution >= 0.6 is 0 Å². The van der Waals surface area contributed by atoms with E-state index in [-0.39, 0.29) is 12.5 Å². The molecule has 1 amide bonds. The Bertz CT molecular complexity index is 647. The van der Waals surface area contributed by atoms with Gasteiger partial charge in [-0.05, 0) is 42.9 Å². The van der Waals surface area contributed by atoms with Crippen molar-refractivity contribution < 1.29 is 14.3 Å². The van der Waals surface area contributed by atoms with Crippen LogP contribution in [0.1, 0.15) is 24.1 Å². The van der Waals surface area contributed by atoms with Crippen molar-refractivity contribution in [2.45, 2.75) is 25.9 Å². The first-order chi connectivity index (χ1) is 11.2. The topological polar surface area (TPSA) is 76.2 Å². The summed E-state index contributed by atoms with van der Waals surface area (Å²) in [7, 11) is 1.63. The molecule has 2 aromatic rings. The van der Waals surface area contributed by atoms with Crippen LogP contribution in [0.4, 0.5) is 5.82 Å². The van der Waals surface area contributed by atoms with Crippen molar-refractivity contribution >= 4 is 11.7 Å². The van der Waals surface area contributed by atoms with Crippen molar-refractivity contribution in [3.8, 4) is 5.75 Å². The van der Waals surface area contributed by atoms with Crippen molar-refractivity contribution in [3.05, 3.63) is 41.6 Å². The summed E-state index contributed by atoms with van der Waals surface area (Å²) in [5.74, 6) is 1.93. The normalized spacial score (nSPS) is 13.8. The molecule has 6 heteroatoms. The van der Waals surface area contributed by atoms with E-state index in [1.807, 2.05) is 30.3 Å². The van der Waals surface area contributed by atoms with Crippen LogP contribution in [-0.4, -0.2) is 29.8 Å². The molecule has 1 aromatic heterocycles. The molecular weight excluding hydrogens is 294 g/mol. The molecule has 0 unspecified atom stereocenters. The highest BCUT2D eigenvalue weighted by Crippen LogP contribution is 2.32. The third kappa shape index (κ3) is 4.82. The standard InChI is InChI=1S/C17H21N3O3/c1-22-15-6-4-13(5-7-15)10-23-11-17(21)18-16-9-14(19-20-16)8-12-2-3-12/h4-7,9,12H,2-3,8,10-11H2,1H3,(H2,18,19,20,21). The number of hydrogen-bond donors (Lipinski definition) is 2. The van der Waals surface area contributed by atoms with Gasteiger partial charge in [0.15, 0.2) is 5.82 Å². The van der Waals surface area contributed by atoms with Crippen LogP contribution in [0, 0.1) is 5.92 Å². The van der Waals surface area contributed by atoms with Crippen LogP contribution in [0.2, 0.25) is 0 Å². The number of nitrogens with one attached hydrogen (secondary N) is 2. The van der Waals surface area contributed by atoms with Crippen LogP contribution in [0.5, 0.6) is 5.75 Å². The van der Waals surface area contributed by atoms with Gasteiger partial charge in [-0.2, -0.15) is 5.10 Å². The maximum Gasteiger partial charge on any atom is 0.251 e. The highest BCUT2D eigenvalue weighted by Gasteiger charge is 2.22. The molecule has 1 fully saturated rings. The number of ether oxygens (including phenoxy) is 2. The number of amides is 1. The summed E-state index contributed by atoms with van der Waals surface area (Å²) in [5.41, 5.74) is 2.06. The summed E-state index contributed by atoms with van der Waals surface area (Å²) in [6.07, 6.45) is 3.59. The third-order valence-electron chi connectivity index (χ3n) is 3.76. The van der Waals surface area contributed by atoms with E-state index in [1.54, 1.807) is 7.11 Å². The van der Waals surface area contributed by atoms with E-state index in [1.165, 1.54) is 12.8 Å². The van der Waals surface area contributed by atoms with E-state index in [0.717, 1.165) is 29.3 Å². The zero-order chi connectivity index (χ0) is 16.1. The smallest absolute Gasteiger partial charge is 0.251 e. The van der Waals surface area contributed by atoms with Gasteiger partial charge in [0.25, 0.3) is 5.91 Å². The fourth-order valence-corrected chi connectivity index (χ4v) is 2.33. The second-order valence-electron chi connectivity index (χ2n) is 5.81. The number of rotatable bonds is 8. The molecule has 23 heavy (non-hydrogen) atoms. The monoisotopic (exact) mass is 315 g/mol. The van der Waals surface area contributed by atoms with Gasteiger partial charge in [0.05, 0.1) is 13.7 Å². The predicted octanol–water partition coefficient (Wildman–Crippen LogP) is 2.53. The molecule has 0 spiro atoms. The SMILES string of the molecule is COc1ccc(COCC(=O)Nc2cc(CC3CC3)[nH]n2)cc1. The molecule has 2 N–H and O–H groups in total. The molecule has 0 radical (unpaired) electrons. The lowest BCUT2D eigenvalue weighted by Crippen LogP contribution is -2.18. The predicted molar refractivity (Wildman–Crippen MR) is 86.3 cm³/mol. The van der Waals surface area contributed by atoms with E-state index in [9.17, 15) is 4.79 Å². The number of methoxy groups -OCH3 is 1. The van der Waals surface area contributed by atoms with Crippen LogP contribution in [0.3, 0.4) is 0 Å². The van der Waals surface area contributed by atoms with Gasteiger partial charge < -0.3 is 14.8 Å². The molecule has 1 aliphatic carbocycles. The van der Waals surface area contributed by atoms with Crippen molar-refractivity contribution in [1.29, 1.82) is 0 Å². The molecule has 0 bridgehead atoms. The Labute approximate surface area is 135 Å². The Morgan fingerprint density at radius 2 is 2.13 bits per heavy atom. The quantitative estimate of drug-likeness (QED) is 0.785. The first-order valence-corrected chi connectivity index (χ1v) is 7.78. The van der Waals surface area contributed by atoms with Crippen LogP contribution in [-0.2, 0) is 22.6 Å². The fraction of sp³-hybridized carbons (Fsp3) is 0.412. The van der Waals surface area contributed by atoms with Gasteiger partial charge in [0, 0.05) is 11.8 Å². The van der Waals surface area contributed by atoms with Gasteiger partial charge in [-0.15, -0.1) is 0 Å². The number of carbonyl (C=O) groups excluding carboxylic acids is 1. The lowest BCUT2D eigenvalue weighted by molar-refractivity contribution is -0.121. The maximum atomic E-state index is 11.8. The second kappa shape index (κ2) is 7.28. The van der Waals surface area contributed by atoms with Crippen molar-refractivity contribution in [2.24, 2.45) is 5.92 Å². The van der Waals surface area contributed by atoms with Gasteiger partial charge in [-0.1, -0.05) is 12.1 Å². The number of aromatic nitrogens is 2. The fourth-order valence-electron chi connectivity index (χ4n) is 2.33. The molecule has 3 rings (SSSR count). The van der Waals surface area contributed by atoms with Crippen LogP contribution in [0.15, 0.2) is 30.3 Å². The Balaban J connectivity index is 1.39. The van der Waals surface area contributed by atoms with Crippen LogP contribution in [0.25, 0.3) is 0 Å². The Morgan fingerprint density at radius 3 is 2.83 bits per heavy atom. The maximum absolute atomic E-state index is 11.8. The number of H-pyrrole nitrogens is 1. The molecule has 122 valence electrons. The third-order valence-corrected chi connectivity index (χ3v) is 3.76. The Morgan fingerprint density at radius 1 is 1.35 bits per heavy atom. The van der Waals surface area contributed by atoms with Crippen molar-refractivity contribution in [2.75, 3.05) is 19.0 Å². The van der Waals surface area contributed by atoms with Crippen molar-refractivity contribution in [3.63, 3.8) is 0 Å². The van der Waals surface area contributed by atoms with E-state index < -0.39 is 0 Å². The molecule has 1 saturated carbocycles. The summed E-state index contributed by atoms with van der Waals surface area (Å²) < 4.78 is 10.5. The average Bonchev–Trinajstić information content (AvgIpc) is 3.26. The lowest BCUT2D eigenvalue weighted by Gasteiger charge is -2.05. The van der Waals surface area contributed by atoms with Crippen LogP contribution < -0.4 is 10.1 Å². The highest BCUT2D eigenvalue weighted by molar-refractivity contribution is 5.90. The van der Waals surface area contributed by atoms with E-state index in [2.05, 4.69) is 15.5 Å². The number of hydrogen-bond acceptors (Lipinski definition) is 4. The highest BCUT2D eigenvalue weighted by atomic mass is 16.5. The number of carbonyl (C=O) groups is 1. The molecule has 0 aliphatic heterocycles. The van der Waals surface area contributed by atoms with Gasteiger partial charge in [0.1, 0.15) is 12.4 Å². The Hall–Kier alpha value is -2.34. The largest absolute Gasteiger partial charge is 0.497 e. The summed E-state index contributed by atoms with van der Waals surface area (Å²) in [6.45, 7) is 0.377. The minimum atomic E-state index is -0.206. The number of aromatic amines is 1. The van der Waals surface area contributed by atoms with Gasteiger partial charge in [0.2, 0.25) is 0 Å². The number of anilines is 1. The number of nitrogens with zero attached hydrogens (tertiary/aromatic N) is 1. The lowest BCUT2D eigenvalue weighted by atomic mass is 10.2. The molecular formula is C17H21N3O3. The molecule has 1 aliphatic rings. The van der Waals surface area contributed by atoms with E-state index in [0.29, 0.717) is 12.4 Å². The van der Waals surface area contributed by atoms with Gasteiger partial charge >= 0.3 is 0 Å². The molecule has 6 nitrogen and oxygen atoms in total. The summed E-state index contributed by atoms with van der Waals surface area (Å²) in [4.78, 5) is 11.8. The summed E-state index contributed by atoms with van der Waals surface area (Å²) in [6, 6.07) is 9.44. The minimum absolute atomic E-state index is 0.00313. The van der Waals surface area contributed by atoms with E-state index in [4.69, 9.17) is 9.47 Å². The molecule has 1 heterocycles. The second-order valence-corrected chi connectivity index (χ2v) is 5.81. The van der Waals surface area contributed by atoms with Gasteiger partial charge in [-0.25, -0.2) is 0 Å². The number of benzene rings is 1. The van der Waals surface area contributed by atoms with Gasteiger partial charge in [-0.3, -0.25) is 9.89 Å². The first kappa shape index (κ1) is 15.6. The zero-order valence-electron chi connectivity index (χ0n) is 13.2. The van der Waals surface area contributed by atoms with E-state index >= 15 is 0 Å². The summed E-state index contributed by atoms with van der Waals surface area (Å²) >= 11 is 0. The first-order valence-electron chi connectivity index (χ1n) is 7.78. The Kier molecular flexibility index (Phi) is 4.92. The van der Waals surface area contributed by atoms with Crippen molar-refractivity contribution in [1.82, 2.24) is 10.2 Å². The summed E-state index contributed by atoms with van der Waals surface area (Å²) in [5, 5.41) is 9.79.